The second-order valence-corrected chi connectivity index (χ2v) is 5.76. The Morgan fingerprint density at radius 1 is 1.20 bits per heavy atom. The molecule has 0 aliphatic carbocycles. The van der Waals surface area contributed by atoms with Crippen molar-refractivity contribution in [3.63, 3.8) is 0 Å². The molecule has 0 amide bonds. The Kier molecular flexibility index (Phi) is 3.65. The summed E-state index contributed by atoms with van der Waals surface area (Å²) >= 11 is 1.63. The van der Waals surface area contributed by atoms with E-state index in [2.05, 4.69) is 22.5 Å². The Morgan fingerprint density at radius 2 is 2.05 bits per heavy atom. The van der Waals surface area contributed by atoms with Crippen LogP contribution >= 0.6 is 11.3 Å². The Morgan fingerprint density at radius 3 is 2.80 bits per heavy atom. The largest absolute Gasteiger partial charge is 0.328 e. The van der Waals surface area contributed by atoms with Crippen LogP contribution in [0.2, 0.25) is 0 Å². The summed E-state index contributed by atoms with van der Waals surface area (Å²) in [6.45, 7) is 2.92. The molecule has 0 fully saturated rings. The quantitative estimate of drug-likeness (QED) is 0.719. The van der Waals surface area contributed by atoms with E-state index in [0.29, 0.717) is 12.8 Å². The number of hydrogen-bond donors (Lipinski definition) is 0. The van der Waals surface area contributed by atoms with Crippen molar-refractivity contribution in [3.8, 4) is 0 Å². The van der Waals surface area contributed by atoms with Crippen LogP contribution in [0.25, 0.3) is 11.0 Å². The van der Waals surface area contributed by atoms with Crippen LogP contribution in [0.1, 0.15) is 17.6 Å². The minimum absolute atomic E-state index is 0.220. The average Bonchev–Trinajstić information content (AvgIpc) is 3.05. The van der Waals surface area contributed by atoms with Gasteiger partial charge in [0, 0.05) is 17.8 Å². The smallest absolute Gasteiger partial charge is 0.145 e. The molecule has 2 heterocycles. The number of carbonyl (C=O) groups excluding carboxylic acids is 1. The number of fused-ring (bicyclic) bond motifs is 1. The number of Topliss-reactive ketones (excluding diaryl/α,β-unsaturated/α-hetero) is 1. The second kappa shape index (κ2) is 5.59. The van der Waals surface area contributed by atoms with E-state index in [0.717, 1.165) is 28.3 Å². The lowest BCUT2D eigenvalue weighted by atomic mass is 10.2. The van der Waals surface area contributed by atoms with Crippen molar-refractivity contribution in [3.05, 3.63) is 52.5 Å². The molecule has 20 heavy (non-hydrogen) atoms. The molecule has 0 radical (unpaired) electrons. The molecule has 102 valence electrons. The average molecular weight is 284 g/mol. The number of aromatic nitrogens is 2. The Hall–Kier alpha value is -1.94. The van der Waals surface area contributed by atoms with Gasteiger partial charge in [-0.3, -0.25) is 4.79 Å². The number of imidazole rings is 1. The van der Waals surface area contributed by atoms with Gasteiger partial charge in [0.15, 0.2) is 0 Å². The van der Waals surface area contributed by atoms with Crippen molar-refractivity contribution in [2.45, 2.75) is 26.3 Å². The molecular formula is C16H16N2OS. The first kappa shape index (κ1) is 13.1. The summed E-state index contributed by atoms with van der Waals surface area (Å²) in [5.74, 6) is 1.09. The first-order valence-electron chi connectivity index (χ1n) is 6.76. The molecule has 3 aromatic rings. The van der Waals surface area contributed by atoms with Gasteiger partial charge in [0.1, 0.15) is 11.6 Å². The maximum Gasteiger partial charge on any atom is 0.145 e. The van der Waals surface area contributed by atoms with Crippen LogP contribution < -0.4 is 0 Å². The Balaban J connectivity index is 1.85. The van der Waals surface area contributed by atoms with E-state index in [9.17, 15) is 4.79 Å². The minimum Gasteiger partial charge on any atom is -0.328 e. The number of nitrogens with zero attached hydrogens (tertiary/aromatic N) is 2. The third-order valence-electron chi connectivity index (χ3n) is 3.36. The fourth-order valence-electron chi connectivity index (χ4n) is 2.46. The third kappa shape index (κ3) is 2.51. The summed E-state index contributed by atoms with van der Waals surface area (Å²) in [5.41, 5.74) is 2.07. The van der Waals surface area contributed by atoms with E-state index < -0.39 is 0 Å². The zero-order valence-electron chi connectivity index (χ0n) is 11.4. The van der Waals surface area contributed by atoms with Gasteiger partial charge in [0.05, 0.1) is 17.5 Å². The van der Waals surface area contributed by atoms with E-state index in [1.165, 1.54) is 0 Å². The van der Waals surface area contributed by atoms with Crippen molar-refractivity contribution >= 4 is 28.2 Å². The van der Waals surface area contributed by atoms with Crippen LogP contribution in [-0.4, -0.2) is 15.3 Å². The summed E-state index contributed by atoms with van der Waals surface area (Å²) in [6, 6.07) is 12.0. The number of carbonyl (C=O) groups is 1. The van der Waals surface area contributed by atoms with Crippen molar-refractivity contribution in [2.24, 2.45) is 0 Å². The fourth-order valence-corrected chi connectivity index (χ4v) is 3.19. The highest BCUT2D eigenvalue weighted by Crippen LogP contribution is 2.17. The summed E-state index contributed by atoms with van der Waals surface area (Å²) in [5, 5.41) is 2.00. The van der Waals surface area contributed by atoms with Crippen LogP contribution in [-0.2, 0) is 24.2 Å². The summed E-state index contributed by atoms with van der Waals surface area (Å²) < 4.78 is 2.13. The molecule has 0 saturated heterocycles. The number of rotatable bonds is 5. The fraction of sp³-hybridized carbons (Fsp3) is 0.250. The van der Waals surface area contributed by atoms with Gasteiger partial charge in [-0.05, 0) is 30.5 Å². The maximum absolute atomic E-state index is 12.2. The highest BCUT2D eigenvalue weighted by molar-refractivity contribution is 7.10. The molecule has 0 spiro atoms. The first-order chi connectivity index (χ1) is 9.78. The monoisotopic (exact) mass is 284 g/mol. The molecule has 0 unspecified atom stereocenters. The number of para-hydroxylation sites is 2. The van der Waals surface area contributed by atoms with Crippen LogP contribution in [0.4, 0.5) is 0 Å². The van der Waals surface area contributed by atoms with Gasteiger partial charge in [-0.1, -0.05) is 18.2 Å². The minimum atomic E-state index is 0.220. The highest BCUT2D eigenvalue weighted by atomic mass is 32.1. The van der Waals surface area contributed by atoms with E-state index in [1.807, 2.05) is 35.7 Å². The summed E-state index contributed by atoms with van der Waals surface area (Å²) in [7, 11) is 0. The van der Waals surface area contributed by atoms with E-state index in [1.54, 1.807) is 11.3 Å². The maximum atomic E-state index is 12.2. The van der Waals surface area contributed by atoms with E-state index in [-0.39, 0.29) is 5.78 Å². The van der Waals surface area contributed by atoms with Gasteiger partial charge in [0.2, 0.25) is 0 Å². The molecule has 3 rings (SSSR count). The van der Waals surface area contributed by atoms with Crippen molar-refractivity contribution in [1.82, 2.24) is 9.55 Å². The molecular weight excluding hydrogens is 268 g/mol. The molecule has 4 heteroatoms. The second-order valence-electron chi connectivity index (χ2n) is 4.73. The van der Waals surface area contributed by atoms with E-state index >= 15 is 0 Å². The SMILES string of the molecule is CCn1c(CC(=O)Cc2cccs2)nc2ccccc21. The predicted molar refractivity (Wildman–Crippen MR) is 82.1 cm³/mol. The van der Waals surface area contributed by atoms with Crippen molar-refractivity contribution < 1.29 is 4.79 Å². The van der Waals surface area contributed by atoms with Gasteiger partial charge < -0.3 is 4.57 Å². The predicted octanol–water partition coefficient (Wildman–Crippen LogP) is 3.47. The summed E-state index contributed by atoms with van der Waals surface area (Å²) in [6.07, 6.45) is 0.908. The molecule has 0 aliphatic heterocycles. The molecule has 3 nitrogen and oxygen atoms in total. The molecule has 0 atom stereocenters. The number of ketones is 1. The molecule has 1 aromatic carbocycles. The summed E-state index contributed by atoms with van der Waals surface area (Å²) in [4.78, 5) is 17.9. The number of aryl methyl sites for hydroxylation is 1. The Bertz CT molecular complexity index is 728. The van der Waals surface area contributed by atoms with Gasteiger partial charge in [-0.25, -0.2) is 4.98 Å². The van der Waals surface area contributed by atoms with Gasteiger partial charge in [-0.15, -0.1) is 11.3 Å². The highest BCUT2D eigenvalue weighted by Gasteiger charge is 2.13. The first-order valence-corrected chi connectivity index (χ1v) is 7.64. The normalized spacial score (nSPS) is 11.1. The van der Waals surface area contributed by atoms with Gasteiger partial charge in [0.25, 0.3) is 0 Å². The zero-order valence-corrected chi connectivity index (χ0v) is 12.2. The van der Waals surface area contributed by atoms with Crippen LogP contribution in [0, 0.1) is 0 Å². The van der Waals surface area contributed by atoms with Crippen molar-refractivity contribution in [2.75, 3.05) is 0 Å². The molecule has 2 aromatic heterocycles. The van der Waals surface area contributed by atoms with Crippen LogP contribution in [0.15, 0.2) is 41.8 Å². The number of benzene rings is 1. The standard InChI is InChI=1S/C16H16N2OS/c1-2-18-15-8-4-3-7-14(15)17-16(18)11-12(19)10-13-6-5-9-20-13/h3-9H,2,10-11H2,1H3. The van der Waals surface area contributed by atoms with Crippen LogP contribution in [0.3, 0.4) is 0 Å². The topological polar surface area (TPSA) is 34.9 Å². The molecule has 0 saturated carbocycles. The zero-order chi connectivity index (χ0) is 13.9. The number of hydrogen-bond acceptors (Lipinski definition) is 3. The molecule has 0 N–H and O–H groups in total. The van der Waals surface area contributed by atoms with Crippen LogP contribution in [0.5, 0.6) is 0 Å². The lowest BCUT2D eigenvalue weighted by Gasteiger charge is -2.05. The lowest BCUT2D eigenvalue weighted by Crippen LogP contribution is -2.11. The van der Waals surface area contributed by atoms with Gasteiger partial charge in [-0.2, -0.15) is 0 Å². The molecule has 0 aliphatic rings. The number of thiophene rings is 1. The molecule has 0 bridgehead atoms. The van der Waals surface area contributed by atoms with Gasteiger partial charge >= 0.3 is 0 Å². The third-order valence-corrected chi connectivity index (χ3v) is 4.23. The Labute approximate surface area is 121 Å². The lowest BCUT2D eigenvalue weighted by molar-refractivity contribution is -0.117. The van der Waals surface area contributed by atoms with Crippen molar-refractivity contribution in [1.29, 1.82) is 0 Å². The van der Waals surface area contributed by atoms with E-state index in [4.69, 9.17) is 0 Å².